The second-order valence-electron chi connectivity index (χ2n) is 2.34. The summed E-state index contributed by atoms with van der Waals surface area (Å²) in [5, 5.41) is 11.4. The van der Waals surface area contributed by atoms with E-state index in [0.29, 0.717) is 10.3 Å². The molecule has 1 N–H and O–H groups in total. The SMILES string of the molecule is Cl.Clc1nnc(Cl)c2c1CNC2. The summed E-state index contributed by atoms with van der Waals surface area (Å²) in [6.45, 7) is 1.48. The van der Waals surface area contributed by atoms with Gasteiger partial charge in [-0.25, -0.2) is 0 Å². The Balaban J connectivity index is 0.000000720. The van der Waals surface area contributed by atoms with Crippen LogP contribution in [0.2, 0.25) is 10.3 Å². The first-order chi connectivity index (χ1) is 5.29. The summed E-state index contributed by atoms with van der Waals surface area (Å²) in [4.78, 5) is 0. The van der Waals surface area contributed by atoms with Gasteiger partial charge < -0.3 is 5.32 Å². The normalized spacial score (nSPS) is 13.8. The summed E-state index contributed by atoms with van der Waals surface area (Å²) < 4.78 is 0. The van der Waals surface area contributed by atoms with Crippen LogP contribution >= 0.6 is 35.6 Å². The molecule has 0 aliphatic carbocycles. The highest BCUT2D eigenvalue weighted by atomic mass is 35.5. The monoisotopic (exact) mass is 225 g/mol. The molecular formula is C6H6Cl3N3. The maximum atomic E-state index is 5.77. The molecule has 2 rings (SSSR count). The lowest BCUT2D eigenvalue weighted by Gasteiger charge is -1.98. The number of hydrogen-bond acceptors (Lipinski definition) is 3. The third kappa shape index (κ3) is 1.50. The van der Waals surface area contributed by atoms with E-state index in [1.54, 1.807) is 0 Å². The van der Waals surface area contributed by atoms with Gasteiger partial charge in [0.1, 0.15) is 0 Å². The van der Waals surface area contributed by atoms with E-state index in [4.69, 9.17) is 23.2 Å². The molecule has 0 saturated carbocycles. The first-order valence-corrected chi connectivity index (χ1v) is 3.95. The fourth-order valence-electron chi connectivity index (χ4n) is 1.13. The van der Waals surface area contributed by atoms with Gasteiger partial charge in [-0.15, -0.1) is 22.6 Å². The second kappa shape index (κ2) is 3.75. The first-order valence-electron chi connectivity index (χ1n) is 3.19. The van der Waals surface area contributed by atoms with E-state index in [1.807, 2.05) is 0 Å². The van der Waals surface area contributed by atoms with E-state index < -0.39 is 0 Å². The van der Waals surface area contributed by atoms with Crippen molar-refractivity contribution in [3.05, 3.63) is 21.4 Å². The molecular weight excluding hydrogens is 220 g/mol. The Morgan fingerprint density at radius 2 is 1.42 bits per heavy atom. The van der Waals surface area contributed by atoms with Crippen molar-refractivity contribution in [1.82, 2.24) is 15.5 Å². The van der Waals surface area contributed by atoms with E-state index in [2.05, 4.69) is 15.5 Å². The van der Waals surface area contributed by atoms with Gasteiger partial charge in [0.25, 0.3) is 0 Å². The van der Waals surface area contributed by atoms with Crippen molar-refractivity contribution in [3.8, 4) is 0 Å². The van der Waals surface area contributed by atoms with Crippen molar-refractivity contribution in [3.63, 3.8) is 0 Å². The standard InChI is InChI=1S/C6H5Cl2N3.ClH/c7-5-3-1-9-2-4(3)6(8)11-10-5;/h9H,1-2H2;1H. The number of hydrogen-bond donors (Lipinski definition) is 1. The number of fused-ring (bicyclic) bond motifs is 1. The van der Waals surface area contributed by atoms with Crippen LogP contribution in [0.25, 0.3) is 0 Å². The Labute approximate surface area is 85.9 Å². The van der Waals surface area contributed by atoms with Crippen molar-refractivity contribution in [2.24, 2.45) is 0 Å². The minimum Gasteiger partial charge on any atom is -0.308 e. The minimum atomic E-state index is 0. The fraction of sp³-hybridized carbons (Fsp3) is 0.333. The number of nitrogens with one attached hydrogen (secondary N) is 1. The number of halogens is 3. The molecule has 0 spiro atoms. The molecule has 0 fully saturated rings. The minimum absolute atomic E-state index is 0. The predicted octanol–water partition coefficient (Wildman–Crippen LogP) is 1.81. The summed E-state index contributed by atoms with van der Waals surface area (Å²) in [5.74, 6) is 0. The molecule has 0 amide bonds. The van der Waals surface area contributed by atoms with Gasteiger partial charge >= 0.3 is 0 Å². The molecule has 1 aromatic rings. The van der Waals surface area contributed by atoms with Gasteiger partial charge in [-0.1, -0.05) is 23.2 Å². The van der Waals surface area contributed by atoms with Gasteiger partial charge in [0.2, 0.25) is 0 Å². The van der Waals surface area contributed by atoms with Crippen LogP contribution in [-0.2, 0) is 13.1 Å². The van der Waals surface area contributed by atoms with Crippen LogP contribution in [0.1, 0.15) is 11.1 Å². The van der Waals surface area contributed by atoms with Gasteiger partial charge in [-0.05, 0) is 0 Å². The quantitative estimate of drug-likeness (QED) is 0.733. The fourth-order valence-corrected chi connectivity index (χ4v) is 1.57. The molecule has 6 heteroatoms. The van der Waals surface area contributed by atoms with Crippen LogP contribution in [0, 0.1) is 0 Å². The zero-order valence-corrected chi connectivity index (χ0v) is 8.30. The molecule has 0 unspecified atom stereocenters. The molecule has 1 aliphatic heterocycles. The van der Waals surface area contributed by atoms with Gasteiger partial charge in [0.05, 0.1) is 0 Å². The van der Waals surface area contributed by atoms with E-state index in [-0.39, 0.29) is 12.4 Å². The van der Waals surface area contributed by atoms with Crippen LogP contribution < -0.4 is 5.32 Å². The molecule has 0 atom stereocenters. The Morgan fingerprint density at radius 1 is 1.00 bits per heavy atom. The average molecular weight is 226 g/mol. The lowest BCUT2D eigenvalue weighted by molar-refractivity contribution is 0.764. The highest BCUT2D eigenvalue weighted by molar-refractivity contribution is 6.32. The molecule has 0 bridgehead atoms. The predicted molar refractivity (Wildman–Crippen MR) is 49.8 cm³/mol. The Morgan fingerprint density at radius 3 is 1.83 bits per heavy atom. The zero-order chi connectivity index (χ0) is 7.84. The van der Waals surface area contributed by atoms with Crippen molar-refractivity contribution >= 4 is 35.6 Å². The topological polar surface area (TPSA) is 37.8 Å². The lowest BCUT2D eigenvalue weighted by Crippen LogP contribution is -2.00. The molecule has 1 aliphatic rings. The highest BCUT2D eigenvalue weighted by Crippen LogP contribution is 2.25. The van der Waals surface area contributed by atoms with Crippen LogP contribution in [0.5, 0.6) is 0 Å². The van der Waals surface area contributed by atoms with E-state index in [9.17, 15) is 0 Å². The molecule has 0 aromatic carbocycles. The molecule has 1 aromatic heterocycles. The Bertz CT molecular complexity index is 273. The lowest BCUT2D eigenvalue weighted by atomic mass is 10.2. The number of rotatable bonds is 0. The molecule has 12 heavy (non-hydrogen) atoms. The Kier molecular flexibility index (Phi) is 3.12. The molecule has 2 heterocycles. The van der Waals surface area contributed by atoms with Crippen molar-refractivity contribution in [2.45, 2.75) is 13.1 Å². The number of aromatic nitrogens is 2. The van der Waals surface area contributed by atoms with Gasteiger partial charge in [-0.3, -0.25) is 0 Å². The van der Waals surface area contributed by atoms with Gasteiger partial charge in [0, 0.05) is 24.2 Å². The summed E-state index contributed by atoms with van der Waals surface area (Å²) in [6.07, 6.45) is 0. The zero-order valence-electron chi connectivity index (χ0n) is 5.97. The van der Waals surface area contributed by atoms with Gasteiger partial charge in [-0.2, -0.15) is 0 Å². The third-order valence-corrected chi connectivity index (χ3v) is 2.30. The smallest absolute Gasteiger partial charge is 0.156 e. The van der Waals surface area contributed by atoms with Crippen LogP contribution in [0.4, 0.5) is 0 Å². The van der Waals surface area contributed by atoms with Crippen molar-refractivity contribution < 1.29 is 0 Å². The average Bonchev–Trinajstić information content (AvgIpc) is 2.45. The van der Waals surface area contributed by atoms with E-state index in [1.165, 1.54) is 0 Å². The summed E-state index contributed by atoms with van der Waals surface area (Å²) in [5.41, 5.74) is 1.96. The van der Waals surface area contributed by atoms with Crippen molar-refractivity contribution in [2.75, 3.05) is 0 Å². The molecule has 0 radical (unpaired) electrons. The van der Waals surface area contributed by atoms with E-state index in [0.717, 1.165) is 24.2 Å². The van der Waals surface area contributed by atoms with E-state index >= 15 is 0 Å². The second-order valence-corrected chi connectivity index (χ2v) is 3.06. The first kappa shape index (κ1) is 9.99. The summed E-state index contributed by atoms with van der Waals surface area (Å²) >= 11 is 11.5. The highest BCUT2D eigenvalue weighted by Gasteiger charge is 2.18. The maximum Gasteiger partial charge on any atom is 0.156 e. The maximum absolute atomic E-state index is 5.77. The number of nitrogens with zero attached hydrogens (tertiary/aromatic N) is 2. The molecule has 0 saturated heterocycles. The molecule has 3 nitrogen and oxygen atoms in total. The van der Waals surface area contributed by atoms with Crippen LogP contribution in [0.15, 0.2) is 0 Å². The van der Waals surface area contributed by atoms with Crippen LogP contribution in [0.3, 0.4) is 0 Å². The van der Waals surface area contributed by atoms with Gasteiger partial charge in [0.15, 0.2) is 10.3 Å². The Hall–Kier alpha value is -0.0900. The summed E-state index contributed by atoms with van der Waals surface area (Å²) in [6, 6.07) is 0. The molecule has 66 valence electrons. The third-order valence-electron chi connectivity index (χ3n) is 1.69. The largest absolute Gasteiger partial charge is 0.308 e. The summed E-state index contributed by atoms with van der Waals surface area (Å²) in [7, 11) is 0. The van der Waals surface area contributed by atoms with Crippen molar-refractivity contribution in [1.29, 1.82) is 0 Å². The van der Waals surface area contributed by atoms with Crippen LogP contribution in [-0.4, -0.2) is 10.2 Å².